The Morgan fingerprint density at radius 2 is 2.07 bits per heavy atom. The van der Waals surface area contributed by atoms with Crippen LogP contribution >= 0.6 is 11.6 Å². The first-order valence-electron chi connectivity index (χ1n) is 9.67. The fourth-order valence-electron chi connectivity index (χ4n) is 3.56. The molecule has 1 aliphatic carbocycles. The summed E-state index contributed by atoms with van der Waals surface area (Å²) >= 11 is 6.34. The zero-order chi connectivity index (χ0) is 19.5. The Morgan fingerprint density at radius 1 is 1.25 bits per heavy atom. The van der Waals surface area contributed by atoms with Gasteiger partial charge >= 0.3 is 0 Å². The highest BCUT2D eigenvalue weighted by molar-refractivity contribution is 6.31. The van der Waals surface area contributed by atoms with E-state index in [1.165, 1.54) is 0 Å². The van der Waals surface area contributed by atoms with Crippen LogP contribution in [-0.4, -0.2) is 20.4 Å². The first-order chi connectivity index (χ1) is 13.6. The molecular weight excluding hydrogens is 374 g/mol. The Labute approximate surface area is 169 Å². The predicted molar refractivity (Wildman–Crippen MR) is 108 cm³/mol. The van der Waals surface area contributed by atoms with Crippen molar-refractivity contribution >= 4 is 17.5 Å². The molecule has 1 amide bonds. The van der Waals surface area contributed by atoms with E-state index in [0.717, 1.165) is 47.1 Å². The number of carbonyl (C=O) groups excluding carboxylic acids is 1. The molecule has 2 aromatic heterocycles. The van der Waals surface area contributed by atoms with Crippen molar-refractivity contribution in [3.8, 4) is 0 Å². The monoisotopic (exact) mass is 397 g/mol. The lowest BCUT2D eigenvalue weighted by atomic mass is 9.84. The summed E-state index contributed by atoms with van der Waals surface area (Å²) in [5.74, 6) is 1.96. The van der Waals surface area contributed by atoms with E-state index in [-0.39, 0.29) is 11.8 Å². The van der Waals surface area contributed by atoms with Crippen molar-refractivity contribution in [2.45, 2.75) is 45.8 Å². The highest BCUT2D eigenvalue weighted by Crippen LogP contribution is 2.29. The lowest BCUT2D eigenvalue weighted by Gasteiger charge is -2.31. The molecule has 0 saturated heterocycles. The molecule has 0 unspecified atom stereocenters. The fraction of sp³-hybridized carbons (Fsp3) is 0.364. The molecule has 0 atom stereocenters. The van der Waals surface area contributed by atoms with Crippen LogP contribution in [0.5, 0.6) is 0 Å². The van der Waals surface area contributed by atoms with Crippen LogP contribution in [-0.2, 0) is 24.4 Å². The molecule has 6 heteroatoms. The number of aromatic nitrogens is 2. The average molecular weight is 398 g/mol. The van der Waals surface area contributed by atoms with Crippen LogP contribution in [0.4, 0.5) is 0 Å². The van der Waals surface area contributed by atoms with E-state index in [9.17, 15) is 4.79 Å². The molecule has 0 spiro atoms. The van der Waals surface area contributed by atoms with Gasteiger partial charge in [0.1, 0.15) is 11.6 Å². The van der Waals surface area contributed by atoms with E-state index >= 15 is 0 Å². The van der Waals surface area contributed by atoms with Gasteiger partial charge in [-0.05, 0) is 43.5 Å². The Kier molecular flexibility index (Phi) is 5.53. The number of halogens is 1. The maximum absolute atomic E-state index is 13.0. The maximum Gasteiger partial charge on any atom is 0.226 e. The predicted octanol–water partition coefficient (Wildman–Crippen LogP) is 4.82. The molecule has 0 N–H and O–H groups in total. The normalized spacial score (nSPS) is 14.1. The van der Waals surface area contributed by atoms with Crippen molar-refractivity contribution in [2.24, 2.45) is 5.92 Å². The van der Waals surface area contributed by atoms with Gasteiger partial charge in [0.2, 0.25) is 5.91 Å². The van der Waals surface area contributed by atoms with E-state index in [0.29, 0.717) is 19.6 Å². The number of furan rings is 1. The maximum atomic E-state index is 13.0. The van der Waals surface area contributed by atoms with Crippen LogP contribution in [0.15, 0.2) is 53.3 Å². The molecule has 3 aromatic rings. The number of rotatable bonds is 7. The second-order valence-electron chi connectivity index (χ2n) is 7.42. The summed E-state index contributed by atoms with van der Waals surface area (Å²) in [6, 6.07) is 11.6. The Hall–Kier alpha value is -2.53. The van der Waals surface area contributed by atoms with Crippen LogP contribution in [0, 0.1) is 12.8 Å². The van der Waals surface area contributed by atoms with Gasteiger partial charge in [-0.2, -0.15) is 0 Å². The van der Waals surface area contributed by atoms with E-state index in [2.05, 4.69) is 9.55 Å². The van der Waals surface area contributed by atoms with Crippen LogP contribution < -0.4 is 0 Å². The SMILES string of the molecule is Cc1cn(Cc2ccccc2Cl)c(CN(Cc2ccco2)C(=O)C2CCC2)n1. The van der Waals surface area contributed by atoms with Crippen LogP contribution in [0.25, 0.3) is 0 Å². The van der Waals surface area contributed by atoms with Crippen LogP contribution in [0.3, 0.4) is 0 Å². The molecular formula is C22H24ClN3O2. The number of amides is 1. The fourth-order valence-corrected chi connectivity index (χ4v) is 3.75. The van der Waals surface area contributed by atoms with E-state index < -0.39 is 0 Å². The number of hydrogen-bond acceptors (Lipinski definition) is 3. The number of aryl methyl sites for hydroxylation is 1. The molecule has 0 bridgehead atoms. The molecule has 2 heterocycles. The van der Waals surface area contributed by atoms with Crippen molar-refractivity contribution in [1.29, 1.82) is 0 Å². The molecule has 0 aliphatic heterocycles. The van der Waals surface area contributed by atoms with E-state index in [1.54, 1.807) is 6.26 Å². The third kappa shape index (κ3) is 4.14. The smallest absolute Gasteiger partial charge is 0.226 e. The molecule has 1 saturated carbocycles. The largest absolute Gasteiger partial charge is 0.467 e. The molecule has 4 rings (SSSR count). The molecule has 1 aliphatic rings. The lowest BCUT2D eigenvalue weighted by molar-refractivity contribution is -0.139. The van der Waals surface area contributed by atoms with Crippen LogP contribution in [0.1, 0.15) is 42.1 Å². The second kappa shape index (κ2) is 8.23. The topological polar surface area (TPSA) is 51.3 Å². The third-order valence-electron chi connectivity index (χ3n) is 5.30. The van der Waals surface area contributed by atoms with Crippen molar-refractivity contribution in [3.05, 3.63) is 76.7 Å². The Bertz CT molecular complexity index is 945. The standard InChI is InChI=1S/C22H24ClN3O2/c1-16-12-25(13-18-6-2-3-10-20(18)23)21(24-16)15-26(14-19-9-5-11-28-19)22(27)17-7-4-8-17/h2-3,5-6,9-12,17H,4,7-8,13-15H2,1H3. The molecule has 5 nitrogen and oxygen atoms in total. The molecule has 28 heavy (non-hydrogen) atoms. The van der Waals surface area contributed by atoms with Gasteiger partial charge in [-0.15, -0.1) is 0 Å². The van der Waals surface area contributed by atoms with Crippen molar-refractivity contribution in [3.63, 3.8) is 0 Å². The first-order valence-corrected chi connectivity index (χ1v) is 10.0. The van der Waals surface area contributed by atoms with E-state index in [1.807, 2.05) is 54.4 Å². The van der Waals surface area contributed by atoms with Gasteiger partial charge in [0.15, 0.2) is 0 Å². The average Bonchev–Trinajstić information content (AvgIpc) is 3.24. The highest BCUT2D eigenvalue weighted by atomic mass is 35.5. The van der Waals surface area contributed by atoms with Crippen molar-refractivity contribution in [2.75, 3.05) is 0 Å². The number of benzene rings is 1. The Morgan fingerprint density at radius 3 is 2.75 bits per heavy atom. The summed E-state index contributed by atoms with van der Waals surface area (Å²) in [7, 11) is 0. The summed E-state index contributed by atoms with van der Waals surface area (Å²) in [6.07, 6.45) is 6.73. The highest BCUT2D eigenvalue weighted by Gasteiger charge is 2.30. The van der Waals surface area contributed by atoms with Gasteiger partial charge in [0.25, 0.3) is 0 Å². The number of imidazole rings is 1. The second-order valence-corrected chi connectivity index (χ2v) is 7.83. The lowest BCUT2D eigenvalue weighted by Crippen LogP contribution is -2.38. The number of nitrogens with zero attached hydrogens (tertiary/aromatic N) is 3. The van der Waals surface area contributed by atoms with Gasteiger partial charge in [0, 0.05) is 17.1 Å². The number of carbonyl (C=O) groups is 1. The quantitative estimate of drug-likeness (QED) is 0.574. The zero-order valence-corrected chi connectivity index (χ0v) is 16.7. The van der Waals surface area contributed by atoms with Crippen molar-refractivity contribution in [1.82, 2.24) is 14.5 Å². The molecule has 1 aromatic carbocycles. The Balaban J connectivity index is 1.57. The zero-order valence-electron chi connectivity index (χ0n) is 16.0. The van der Waals surface area contributed by atoms with E-state index in [4.69, 9.17) is 16.0 Å². The van der Waals surface area contributed by atoms with Crippen LogP contribution in [0.2, 0.25) is 5.02 Å². The third-order valence-corrected chi connectivity index (χ3v) is 5.67. The first kappa shape index (κ1) is 18.8. The van der Waals surface area contributed by atoms with Gasteiger partial charge in [-0.25, -0.2) is 4.98 Å². The van der Waals surface area contributed by atoms with Gasteiger partial charge in [0.05, 0.1) is 31.6 Å². The van der Waals surface area contributed by atoms with Crippen molar-refractivity contribution < 1.29 is 9.21 Å². The molecule has 146 valence electrons. The molecule has 0 radical (unpaired) electrons. The minimum absolute atomic E-state index is 0.128. The van der Waals surface area contributed by atoms with Gasteiger partial charge < -0.3 is 13.9 Å². The summed E-state index contributed by atoms with van der Waals surface area (Å²) in [6.45, 7) is 3.51. The molecule has 1 fully saturated rings. The minimum atomic E-state index is 0.128. The van der Waals surface area contributed by atoms with Gasteiger partial charge in [-0.1, -0.05) is 36.2 Å². The minimum Gasteiger partial charge on any atom is -0.467 e. The summed E-state index contributed by atoms with van der Waals surface area (Å²) < 4.78 is 7.57. The summed E-state index contributed by atoms with van der Waals surface area (Å²) in [5, 5.41) is 0.734. The van der Waals surface area contributed by atoms with Gasteiger partial charge in [-0.3, -0.25) is 4.79 Å². The summed E-state index contributed by atoms with van der Waals surface area (Å²) in [5.41, 5.74) is 1.96. The summed E-state index contributed by atoms with van der Waals surface area (Å²) in [4.78, 5) is 19.6. The number of hydrogen-bond donors (Lipinski definition) is 0.